The largest absolute Gasteiger partial charge is 0.467 e. The Morgan fingerprint density at radius 2 is 1.90 bits per heavy atom. The number of hydrogen-bond donors (Lipinski definition) is 0. The fourth-order valence-electron chi connectivity index (χ4n) is 0.277. The first-order chi connectivity index (χ1) is 4.66. The second-order valence-corrected chi connectivity index (χ2v) is 1.44. The molecule has 0 spiro atoms. The summed E-state index contributed by atoms with van der Waals surface area (Å²) in [5.74, 6) is -1.97. The van der Waals surface area contributed by atoms with Crippen LogP contribution in [0.2, 0.25) is 0 Å². The Hall–Kier alpha value is -1.10. The topological polar surface area (TPSA) is 72.5 Å². The molecule has 57 valence electrons. The van der Waals surface area contributed by atoms with Crippen LogP contribution in [-0.2, 0) is 24.2 Å². The minimum atomic E-state index is -1.36. The van der Waals surface area contributed by atoms with Gasteiger partial charge in [0.25, 0.3) is 0 Å². The van der Waals surface area contributed by atoms with Crippen LogP contribution in [0.15, 0.2) is 0 Å². The lowest BCUT2D eigenvalue weighted by Crippen LogP contribution is -2.14. The van der Waals surface area contributed by atoms with Crippen molar-refractivity contribution in [3.05, 3.63) is 0 Å². The molecule has 0 saturated carbocycles. The van der Waals surface area contributed by atoms with Gasteiger partial charge < -0.3 is 9.47 Å². The van der Waals surface area contributed by atoms with Gasteiger partial charge in [-0.1, -0.05) is 0 Å². The van der Waals surface area contributed by atoms with Crippen LogP contribution in [0.3, 0.4) is 0 Å². The van der Waals surface area contributed by atoms with E-state index in [0.717, 1.165) is 0 Å². The lowest BCUT2D eigenvalue weighted by atomic mass is 10.7. The van der Waals surface area contributed by atoms with Crippen molar-refractivity contribution in [3.8, 4) is 0 Å². The highest BCUT2D eigenvalue weighted by Crippen LogP contribution is 1.78. The Morgan fingerprint density at radius 3 is 2.30 bits per heavy atom. The first-order valence-electron chi connectivity index (χ1n) is 2.51. The van der Waals surface area contributed by atoms with Crippen molar-refractivity contribution in [2.24, 2.45) is 0 Å². The van der Waals surface area contributed by atoms with Gasteiger partial charge in [-0.3, -0.25) is 0 Å². The molecule has 0 bridgehead atoms. The molecular formula is C5H7O5. The first kappa shape index (κ1) is 8.90. The van der Waals surface area contributed by atoms with E-state index in [0.29, 0.717) is 0 Å². The van der Waals surface area contributed by atoms with E-state index in [4.69, 9.17) is 0 Å². The SMILES string of the molecule is COC(=O)COCC([O])=O. The highest BCUT2D eigenvalue weighted by atomic mass is 16.6. The lowest BCUT2D eigenvalue weighted by Gasteiger charge is -1.96. The lowest BCUT2D eigenvalue weighted by molar-refractivity contribution is -0.153. The van der Waals surface area contributed by atoms with Crippen LogP contribution in [0.1, 0.15) is 0 Å². The molecule has 0 rings (SSSR count). The van der Waals surface area contributed by atoms with E-state index >= 15 is 0 Å². The van der Waals surface area contributed by atoms with Crippen molar-refractivity contribution < 1.29 is 24.2 Å². The zero-order valence-corrected chi connectivity index (χ0v) is 5.46. The van der Waals surface area contributed by atoms with Crippen molar-refractivity contribution in [1.29, 1.82) is 0 Å². The number of carbonyl (C=O) groups is 2. The number of esters is 1. The first-order valence-corrected chi connectivity index (χ1v) is 2.51. The van der Waals surface area contributed by atoms with Gasteiger partial charge in [-0.25, -0.2) is 14.7 Å². The summed E-state index contributed by atoms with van der Waals surface area (Å²) in [5.41, 5.74) is 0. The molecule has 0 aliphatic carbocycles. The molecule has 10 heavy (non-hydrogen) atoms. The zero-order valence-electron chi connectivity index (χ0n) is 5.46. The number of rotatable bonds is 4. The van der Waals surface area contributed by atoms with Gasteiger partial charge in [0.1, 0.15) is 13.2 Å². The number of hydrogen-bond acceptors (Lipinski definition) is 4. The van der Waals surface area contributed by atoms with Gasteiger partial charge in [0.05, 0.1) is 7.11 Å². The average Bonchev–Trinajstić information content (AvgIpc) is 1.87. The van der Waals surface area contributed by atoms with Crippen molar-refractivity contribution in [1.82, 2.24) is 0 Å². The molecule has 5 nitrogen and oxygen atoms in total. The summed E-state index contributed by atoms with van der Waals surface area (Å²) >= 11 is 0. The summed E-state index contributed by atoms with van der Waals surface area (Å²) in [6.45, 7) is -0.945. The van der Waals surface area contributed by atoms with Crippen LogP contribution in [0.5, 0.6) is 0 Å². The number of ether oxygens (including phenoxy) is 2. The summed E-state index contributed by atoms with van der Waals surface area (Å²) in [7, 11) is 1.19. The molecule has 0 amide bonds. The third-order valence-electron chi connectivity index (χ3n) is 0.667. The van der Waals surface area contributed by atoms with Crippen molar-refractivity contribution >= 4 is 11.9 Å². The molecule has 5 heteroatoms. The van der Waals surface area contributed by atoms with Crippen molar-refractivity contribution in [2.45, 2.75) is 0 Å². The Kier molecular flexibility index (Phi) is 4.23. The monoisotopic (exact) mass is 147 g/mol. The van der Waals surface area contributed by atoms with Gasteiger partial charge in [0.15, 0.2) is 0 Å². The maximum absolute atomic E-state index is 10.2. The van der Waals surface area contributed by atoms with Gasteiger partial charge in [-0.05, 0) is 0 Å². The van der Waals surface area contributed by atoms with E-state index in [-0.39, 0.29) is 6.61 Å². The molecule has 0 aliphatic rings. The molecule has 0 aliphatic heterocycles. The smallest absolute Gasteiger partial charge is 0.380 e. The summed E-state index contributed by atoms with van der Waals surface area (Å²) in [4.78, 5) is 19.9. The highest BCUT2D eigenvalue weighted by Gasteiger charge is 2.03. The molecule has 1 radical (unpaired) electrons. The Morgan fingerprint density at radius 1 is 1.30 bits per heavy atom. The van der Waals surface area contributed by atoms with E-state index in [2.05, 4.69) is 9.47 Å². The maximum atomic E-state index is 10.2. The predicted octanol–water partition coefficient (Wildman–Crippen LogP) is -0.867. The quantitative estimate of drug-likeness (QED) is 0.484. The van der Waals surface area contributed by atoms with E-state index in [1.165, 1.54) is 7.11 Å². The maximum Gasteiger partial charge on any atom is 0.380 e. The van der Waals surface area contributed by atoms with Gasteiger partial charge in [0.2, 0.25) is 0 Å². The molecule has 0 N–H and O–H groups in total. The molecule has 0 saturated heterocycles. The summed E-state index contributed by atoms with van der Waals surface area (Å²) in [5, 5.41) is 9.68. The van der Waals surface area contributed by atoms with Crippen LogP contribution < -0.4 is 0 Å². The van der Waals surface area contributed by atoms with Crippen LogP contribution in [0.25, 0.3) is 0 Å². The van der Waals surface area contributed by atoms with E-state index in [1.807, 2.05) is 0 Å². The highest BCUT2D eigenvalue weighted by molar-refractivity contribution is 5.71. The fourth-order valence-corrected chi connectivity index (χ4v) is 0.277. The minimum Gasteiger partial charge on any atom is -0.467 e. The molecule has 0 unspecified atom stereocenters. The van der Waals surface area contributed by atoms with Crippen molar-refractivity contribution in [3.63, 3.8) is 0 Å². The summed E-state index contributed by atoms with van der Waals surface area (Å²) in [6.07, 6.45) is 0. The standard InChI is InChI=1S/C5H7O5/c1-9-5(8)3-10-2-4(6)7/h2-3H2,1H3. The minimum absolute atomic E-state index is 0.357. The predicted molar refractivity (Wildman–Crippen MR) is 28.5 cm³/mol. The van der Waals surface area contributed by atoms with Crippen LogP contribution in [-0.4, -0.2) is 32.3 Å². The normalized spacial score (nSPS) is 8.90. The third kappa shape index (κ3) is 5.04. The van der Waals surface area contributed by atoms with Crippen LogP contribution in [0.4, 0.5) is 0 Å². The second-order valence-electron chi connectivity index (χ2n) is 1.44. The van der Waals surface area contributed by atoms with Gasteiger partial charge >= 0.3 is 11.9 Å². The Labute approximate surface area is 57.5 Å². The summed E-state index contributed by atoms with van der Waals surface area (Å²) < 4.78 is 8.47. The fraction of sp³-hybridized carbons (Fsp3) is 0.600. The number of methoxy groups -OCH3 is 1. The van der Waals surface area contributed by atoms with E-state index in [1.54, 1.807) is 0 Å². The van der Waals surface area contributed by atoms with Crippen LogP contribution in [0, 0.1) is 0 Å². The second kappa shape index (κ2) is 4.75. The summed E-state index contributed by atoms with van der Waals surface area (Å²) in [6, 6.07) is 0. The van der Waals surface area contributed by atoms with E-state index in [9.17, 15) is 14.7 Å². The van der Waals surface area contributed by atoms with Gasteiger partial charge in [-0.15, -0.1) is 0 Å². The van der Waals surface area contributed by atoms with E-state index < -0.39 is 18.5 Å². The number of carbonyl (C=O) groups excluding carboxylic acids is 2. The average molecular weight is 147 g/mol. The Bertz CT molecular complexity index is 130. The molecule has 0 fully saturated rings. The molecule has 0 aromatic heterocycles. The Balaban J connectivity index is 3.20. The molecule has 0 aromatic carbocycles. The molecule has 0 aromatic rings. The zero-order chi connectivity index (χ0) is 7.98. The third-order valence-corrected chi connectivity index (χ3v) is 0.667. The molecule has 0 atom stereocenters. The van der Waals surface area contributed by atoms with Gasteiger partial charge in [-0.2, -0.15) is 0 Å². The van der Waals surface area contributed by atoms with Crippen molar-refractivity contribution in [2.75, 3.05) is 20.3 Å². The van der Waals surface area contributed by atoms with Crippen LogP contribution >= 0.6 is 0 Å². The van der Waals surface area contributed by atoms with Gasteiger partial charge in [0, 0.05) is 0 Å². The molecule has 0 heterocycles. The molecular weight excluding hydrogens is 140 g/mol.